The van der Waals surface area contributed by atoms with Crippen LogP contribution in [-0.2, 0) is 0 Å². The fourth-order valence-corrected chi connectivity index (χ4v) is 1.26. The number of halogens is 2. The van der Waals surface area contributed by atoms with Crippen LogP contribution in [-0.4, -0.2) is 0 Å². The minimum atomic E-state index is -0.476. The molecule has 0 spiro atoms. The lowest BCUT2D eigenvalue weighted by molar-refractivity contribution is 0.618. The maximum absolute atomic E-state index is 13.3. The maximum atomic E-state index is 13.3. The second-order valence-electron chi connectivity index (χ2n) is 2.42. The molecule has 1 aromatic rings. The average Bonchev–Trinajstić information content (AvgIpc) is 2.20. The SMILES string of the molecule is N#CC(C#N)=Cc1cccc(Br)c1F. The third-order valence-corrected chi connectivity index (χ3v) is 2.13. The number of rotatable bonds is 1. The Labute approximate surface area is 89.0 Å². The summed E-state index contributed by atoms with van der Waals surface area (Å²) in [5, 5.41) is 16.9. The Morgan fingerprint density at radius 1 is 1.36 bits per heavy atom. The largest absolute Gasteiger partial charge is 0.205 e. The van der Waals surface area contributed by atoms with E-state index in [1.54, 1.807) is 24.3 Å². The quantitative estimate of drug-likeness (QED) is 0.720. The Balaban J connectivity index is 3.24. The zero-order valence-corrected chi connectivity index (χ0v) is 8.55. The molecule has 2 nitrogen and oxygen atoms in total. The van der Waals surface area contributed by atoms with Crippen molar-refractivity contribution < 1.29 is 4.39 Å². The van der Waals surface area contributed by atoms with E-state index in [9.17, 15) is 4.39 Å². The fraction of sp³-hybridized carbons (Fsp3) is 0. The van der Waals surface area contributed by atoms with Gasteiger partial charge in [-0.2, -0.15) is 10.5 Å². The normalized spacial score (nSPS) is 8.57. The topological polar surface area (TPSA) is 47.6 Å². The molecule has 1 aromatic carbocycles. The molecule has 0 aliphatic heterocycles. The molecule has 0 saturated carbocycles. The Kier molecular flexibility index (Phi) is 3.39. The minimum absolute atomic E-state index is 0.123. The van der Waals surface area contributed by atoms with Gasteiger partial charge in [0.05, 0.1) is 4.47 Å². The Morgan fingerprint density at radius 2 is 2.00 bits per heavy atom. The van der Waals surface area contributed by atoms with Crippen LogP contribution in [0.1, 0.15) is 5.56 Å². The van der Waals surface area contributed by atoms with E-state index in [1.165, 1.54) is 12.1 Å². The van der Waals surface area contributed by atoms with Crippen molar-refractivity contribution in [1.29, 1.82) is 10.5 Å². The first-order valence-corrected chi connectivity index (χ1v) is 4.44. The highest BCUT2D eigenvalue weighted by Gasteiger charge is 2.04. The fourth-order valence-electron chi connectivity index (χ4n) is 0.877. The van der Waals surface area contributed by atoms with Crippen molar-refractivity contribution in [2.75, 3.05) is 0 Å². The van der Waals surface area contributed by atoms with Gasteiger partial charge in [-0.1, -0.05) is 12.1 Å². The highest BCUT2D eigenvalue weighted by Crippen LogP contribution is 2.20. The van der Waals surface area contributed by atoms with Crippen molar-refractivity contribution in [3.05, 3.63) is 39.6 Å². The molecule has 0 aromatic heterocycles. The molecule has 14 heavy (non-hydrogen) atoms. The predicted molar refractivity (Wildman–Crippen MR) is 53.3 cm³/mol. The lowest BCUT2D eigenvalue weighted by Crippen LogP contribution is -1.84. The van der Waals surface area contributed by atoms with Gasteiger partial charge in [0, 0.05) is 5.56 Å². The molecule has 4 heteroatoms. The molecule has 0 saturated heterocycles. The van der Waals surface area contributed by atoms with E-state index >= 15 is 0 Å². The van der Waals surface area contributed by atoms with Gasteiger partial charge in [-0.15, -0.1) is 0 Å². The molecule has 0 fully saturated rings. The third-order valence-electron chi connectivity index (χ3n) is 1.52. The van der Waals surface area contributed by atoms with Crippen LogP contribution in [0.25, 0.3) is 6.08 Å². The van der Waals surface area contributed by atoms with Gasteiger partial charge in [-0.25, -0.2) is 4.39 Å². The van der Waals surface area contributed by atoms with Crippen LogP contribution in [0.5, 0.6) is 0 Å². The van der Waals surface area contributed by atoms with Crippen LogP contribution in [0, 0.1) is 28.5 Å². The molecule has 68 valence electrons. The Bertz CT molecular complexity index is 450. The summed E-state index contributed by atoms with van der Waals surface area (Å²) in [7, 11) is 0. The number of benzene rings is 1. The van der Waals surface area contributed by atoms with E-state index in [1.807, 2.05) is 0 Å². The summed E-state index contributed by atoms with van der Waals surface area (Å²) in [6.45, 7) is 0. The summed E-state index contributed by atoms with van der Waals surface area (Å²) in [6, 6.07) is 8.00. The number of hydrogen-bond acceptors (Lipinski definition) is 2. The van der Waals surface area contributed by atoms with E-state index in [0.29, 0.717) is 4.47 Å². The van der Waals surface area contributed by atoms with E-state index in [2.05, 4.69) is 15.9 Å². The lowest BCUT2D eigenvalue weighted by atomic mass is 10.1. The van der Waals surface area contributed by atoms with Gasteiger partial charge in [0.2, 0.25) is 0 Å². The van der Waals surface area contributed by atoms with Crippen molar-refractivity contribution in [3.63, 3.8) is 0 Å². The van der Waals surface area contributed by atoms with Crippen LogP contribution in [0.3, 0.4) is 0 Å². The summed E-state index contributed by atoms with van der Waals surface area (Å²) < 4.78 is 13.6. The molecule has 1 rings (SSSR count). The number of nitriles is 2. The first-order valence-electron chi connectivity index (χ1n) is 3.65. The van der Waals surface area contributed by atoms with Crippen molar-refractivity contribution in [3.8, 4) is 12.1 Å². The van der Waals surface area contributed by atoms with E-state index in [-0.39, 0.29) is 11.1 Å². The summed E-state index contributed by atoms with van der Waals surface area (Å²) in [4.78, 5) is 0. The first kappa shape index (κ1) is 10.4. The van der Waals surface area contributed by atoms with Crippen LogP contribution in [0.4, 0.5) is 4.39 Å². The van der Waals surface area contributed by atoms with Gasteiger partial charge in [0.1, 0.15) is 23.5 Å². The maximum Gasteiger partial charge on any atom is 0.144 e. The van der Waals surface area contributed by atoms with Gasteiger partial charge < -0.3 is 0 Å². The predicted octanol–water partition coefficient (Wildman–Crippen LogP) is 3.02. The molecule has 0 atom stereocenters. The summed E-state index contributed by atoms with van der Waals surface area (Å²) in [5.41, 5.74) is 0.0967. The standard InChI is InChI=1S/C10H4BrFN2/c11-9-3-1-2-8(10(9)12)4-7(5-13)6-14/h1-4H. The number of hydrogen-bond donors (Lipinski definition) is 0. The van der Waals surface area contributed by atoms with Crippen LogP contribution in [0.15, 0.2) is 28.2 Å². The second-order valence-corrected chi connectivity index (χ2v) is 3.28. The summed E-state index contributed by atoms with van der Waals surface area (Å²) >= 11 is 3.01. The number of allylic oxidation sites excluding steroid dienone is 1. The molecule has 0 aliphatic rings. The average molecular weight is 251 g/mol. The second kappa shape index (κ2) is 4.55. The zero-order valence-electron chi connectivity index (χ0n) is 6.96. The van der Waals surface area contributed by atoms with Gasteiger partial charge in [-0.3, -0.25) is 0 Å². The highest BCUT2D eigenvalue weighted by atomic mass is 79.9. The minimum Gasteiger partial charge on any atom is -0.205 e. The monoisotopic (exact) mass is 250 g/mol. The van der Waals surface area contributed by atoms with Crippen molar-refractivity contribution in [2.45, 2.75) is 0 Å². The van der Waals surface area contributed by atoms with Crippen LogP contribution >= 0.6 is 15.9 Å². The molecule has 0 bridgehead atoms. The molecule has 0 N–H and O–H groups in total. The van der Waals surface area contributed by atoms with Crippen molar-refractivity contribution >= 4 is 22.0 Å². The Hall–Kier alpha value is -1.65. The molecule has 0 radical (unpaired) electrons. The summed E-state index contributed by atoms with van der Waals surface area (Å²) in [5.74, 6) is -0.476. The van der Waals surface area contributed by atoms with Crippen LogP contribution < -0.4 is 0 Å². The molecule has 0 unspecified atom stereocenters. The lowest BCUT2D eigenvalue weighted by Gasteiger charge is -1.97. The highest BCUT2D eigenvalue weighted by molar-refractivity contribution is 9.10. The Morgan fingerprint density at radius 3 is 2.57 bits per heavy atom. The molecule has 0 aliphatic carbocycles. The van der Waals surface area contributed by atoms with Gasteiger partial charge in [0.15, 0.2) is 0 Å². The van der Waals surface area contributed by atoms with Crippen molar-refractivity contribution in [1.82, 2.24) is 0 Å². The number of nitrogens with zero attached hydrogens (tertiary/aromatic N) is 2. The molecule has 0 heterocycles. The van der Waals surface area contributed by atoms with Crippen LogP contribution in [0.2, 0.25) is 0 Å². The smallest absolute Gasteiger partial charge is 0.144 e. The molecule has 0 amide bonds. The first-order chi connectivity index (χ1) is 6.69. The molecular weight excluding hydrogens is 247 g/mol. The van der Waals surface area contributed by atoms with Gasteiger partial charge in [0.25, 0.3) is 0 Å². The summed E-state index contributed by atoms with van der Waals surface area (Å²) in [6.07, 6.45) is 1.21. The van der Waals surface area contributed by atoms with Crippen molar-refractivity contribution in [2.24, 2.45) is 0 Å². The van der Waals surface area contributed by atoms with E-state index in [0.717, 1.165) is 0 Å². The van der Waals surface area contributed by atoms with E-state index in [4.69, 9.17) is 10.5 Å². The van der Waals surface area contributed by atoms with E-state index < -0.39 is 5.82 Å². The van der Waals surface area contributed by atoms with Gasteiger partial charge in [-0.05, 0) is 28.1 Å². The third kappa shape index (κ3) is 2.18. The van der Waals surface area contributed by atoms with Gasteiger partial charge >= 0.3 is 0 Å². The zero-order chi connectivity index (χ0) is 10.6. The molecular formula is C10H4BrFN2.